The summed E-state index contributed by atoms with van der Waals surface area (Å²) in [6.07, 6.45) is 2.77. The highest BCUT2D eigenvalue weighted by atomic mass is 32.1. The van der Waals surface area contributed by atoms with Crippen molar-refractivity contribution < 1.29 is 4.39 Å². The van der Waals surface area contributed by atoms with Crippen LogP contribution in [0.1, 0.15) is 18.9 Å². The van der Waals surface area contributed by atoms with Gasteiger partial charge in [-0.1, -0.05) is 25.2 Å². The van der Waals surface area contributed by atoms with Gasteiger partial charge >= 0.3 is 0 Å². The van der Waals surface area contributed by atoms with Gasteiger partial charge in [-0.15, -0.1) is 10.2 Å². The molecule has 0 radical (unpaired) electrons. The molecule has 4 nitrogen and oxygen atoms in total. The Bertz CT molecular complexity index is 512. The quantitative estimate of drug-likeness (QED) is 0.903. The van der Waals surface area contributed by atoms with E-state index in [2.05, 4.69) is 34.3 Å². The molecule has 0 aliphatic heterocycles. The summed E-state index contributed by atoms with van der Waals surface area (Å²) in [6.45, 7) is 5.93. The SMILES string of the molecule is CC(C)CNCc1nnc(-c2cncc(F)c2)s1. The Morgan fingerprint density at radius 2 is 2.17 bits per heavy atom. The molecule has 0 atom stereocenters. The van der Waals surface area contributed by atoms with Crippen LogP contribution in [-0.4, -0.2) is 21.7 Å². The Hall–Kier alpha value is -1.40. The summed E-state index contributed by atoms with van der Waals surface area (Å²) >= 11 is 1.45. The van der Waals surface area contributed by atoms with Crippen molar-refractivity contribution in [2.75, 3.05) is 6.54 Å². The third-order valence-corrected chi connectivity index (χ3v) is 3.22. The number of hydrogen-bond acceptors (Lipinski definition) is 5. The number of aromatic nitrogens is 3. The maximum Gasteiger partial charge on any atom is 0.149 e. The van der Waals surface area contributed by atoms with E-state index in [0.29, 0.717) is 23.0 Å². The highest BCUT2D eigenvalue weighted by Gasteiger charge is 2.07. The van der Waals surface area contributed by atoms with Gasteiger partial charge in [-0.05, 0) is 18.5 Å². The Morgan fingerprint density at radius 3 is 2.89 bits per heavy atom. The lowest BCUT2D eigenvalue weighted by molar-refractivity contribution is 0.550. The average Bonchev–Trinajstić information content (AvgIpc) is 2.77. The molecule has 0 aliphatic rings. The third kappa shape index (κ3) is 3.54. The van der Waals surface area contributed by atoms with Crippen LogP contribution in [0.4, 0.5) is 4.39 Å². The van der Waals surface area contributed by atoms with Gasteiger partial charge in [-0.2, -0.15) is 0 Å². The molecule has 0 aliphatic carbocycles. The van der Waals surface area contributed by atoms with Crippen LogP contribution < -0.4 is 5.32 Å². The van der Waals surface area contributed by atoms with Gasteiger partial charge in [0.2, 0.25) is 0 Å². The van der Waals surface area contributed by atoms with Crippen molar-refractivity contribution in [1.82, 2.24) is 20.5 Å². The maximum absolute atomic E-state index is 13.0. The van der Waals surface area contributed by atoms with Gasteiger partial charge < -0.3 is 5.32 Å². The number of nitrogens with zero attached hydrogens (tertiary/aromatic N) is 3. The Kier molecular flexibility index (Phi) is 4.33. The standard InChI is InChI=1S/C12H15FN4S/c1-8(2)4-14-7-11-16-17-12(18-11)9-3-10(13)6-15-5-9/h3,5-6,8,14H,4,7H2,1-2H3. The number of nitrogens with one attached hydrogen (secondary N) is 1. The first-order valence-corrected chi connectivity index (χ1v) is 6.61. The smallest absolute Gasteiger partial charge is 0.149 e. The van der Waals surface area contributed by atoms with Gasteiger partial charge in [-0.3, -0.25) is 4.98 Å². The van der Waals surface area contributed by atoms with Crippen LogP contribution in [0, 0.1) is 11.7 Å². The lowest BCUT2D eigenvalue weighted by atomic mass is 10.2. The zero-order valence-corrected chi connectivity index (χ0v) is 11.2. The van der Waals surface area contributed by atoms with Crippen LogP contribution in [0.2, 0.25) is 0 Å². The van der Waals surface area contributed by atoms with Crippen molar-refractivity contribution in [3.05, 3.63) is 29.3 Å². The van der Waals surface area contributed by atoms with Gasteiger partial charge in [0.05, 0.1) is 6.20 Å². The topological polar surface area (TPSA) is 50.7 Å². The fourth-order valence-corrected chi connectivity index (χ4v) is 2.23. The molecule has 0 bridgehead atoms. The summed E-state index contributed by atoms with van der Waals surface area (Å²) in [4.78, 5) is 3.80. The normalized spacial score (nSPS) is 11.1. The molecule has 18 heavy (non-hydrogen) atoms. The maximum atomic E-state index is 13.0. The number of hydrogen-bond donors (Lipinski definition) is 1. The van der Waals surface area contributed by atoms with Crippen LogP contribution in [-0.2, 0) is 6.54 Å². The number of halogens is 1. The Balaban J connectivity index is 2.02. The molecular weight excluding hydrogens is 251 g/mol. The van der Waals surface area contributed by atoms with E-state index in [1.165, 1.54) is 23.6 Å². The zero-order chi connectivity index (χ0) is 13.0. The monoisotopic (exact) mass is 266 g/mol. The van der Waals surface area contributed by atoms with Crippen LogP contribution in [0.3, 0.4) is 0 Å². The Morgan fingerprint density at radius 1 is 1.33 bits per heavy atom. The second kappa shape index (κ2) is 5.97. The lowest BCUT2D eigenvalue weighted by Crippen LogP contribution is -2.18. The molecule has 1 N–H and O–H groups in total. The molecule has 2 heterocycles. The van der Waals surface area contributed by atoms with E-state index in [9.17, 15) is 4.39 Å². The number of pyridine rings is 1. The minimum atomic E-state index is -0.359. The summed E-state index contributed by atoms with van der Waals surface area (Å²) in [5.74, 6) is 0.243. The van der Waals surface area contributed by atoms with Crippen LogP contribution in [0.15, 0.2) is 18.5 Å². The van der Waals surface area contributed by atoms with Crippen molar-refractivity contribution in [1.29, 1.82) is 0 Å². The molecule has 96 valence electrons. The van der Waals surface area contributed by atoms with Crippen molar-refractivity contribution in [2.45, 2.75) is 20.4 Å². The molecule has 0 fully saturated rings. The van der Waals surface area contributed by atoms with E-state index in [1.807, 2.05) is 0 Å². The minimum absolute atomic E-state index is 0.359. The zero-order valence-electron chi connectivity index (χ0n) is 10.4. The third-order valence-electron chi connectivity index (χ3n) is 2.25. The van der Waals surface area contributed by atoms with E-state index in [-0.39, 0.29) is 5.82 Å². The molecule has 0 spiro atoms. The number of rotatable bonds is 5. The van der Waals surface area contributed by atoms with Crippen LogP contribution in [0.25, 0.3) is 10.6 Å². The molecule has 0 saturated heterocycles. The molecule has 0 saturated carbocycles. The highest BCUT2D eigenvalue weighted by molar-refractivity contribution is 7.14. The van der Waals surface area contributed by atoms with Gasteiger partial charge in [0.15, 0.2) is 0 Å². The molecular formula is C12H15FN4S. The van der Waals surface area contributed by atoms with Gasteiger partial charge in [0.25, 0.3) is 0 Å². The molecule has 0 aromatic carbocycles. The van der Waals surface area contributed by atoms with Crippen molar-refractivity contribution in [3.63, 3.8) is 0 Å². The summed E-state index contributed by atoms with van der Waals surface area (Å²) in [7, 11) is 0. The fourth-order valence-electron chi connectivity index (χ4n) is 1.44. The summed E-state index contributed by atoms with van der Waals surface area (Å²) < 4.78 is 13.0. The highest BCUT2D eigenvalue weighted by Crippen LogP contribution is 2.22. The van der Waals surface area contributed by atoms with Gasteiger partial charge in [0, 0.05) is 18.3 Å². The molecule has 0 amide bonds. The fraction of sp³-hybridized carbons (Fsp3) is 0.417. The van der Waals surface area contributed by atoms with Crippen molar-refractivity contribution in [2.24, 2.45) is 5.92 Å². The summed E-state index contributed by atoms with van der Waals surface area (Å²) in [5, 5.41) is 13.0. The first-order chi connectivity index (χ1) is 8.65. The van der Waals surface area contributed by atoms with E-state index >= 15 is 0 Å². The van der Waals surface area contributed by atoms with Gasteiger partial charge in [-0.25, -0.2) is 4.39 Å². The second-order valence-corrected chi connectivity index (χ2v) is 5.48. The van der Waals surface area contributed by atoms with Crippen LogP contribution in [0.5, 0.6) is 0 Å². The first kappa shape index (κ1) is 13.0. The van der Waals surface area contributed by atoms with Gasteiger partial charge in [0.1, 0.15) is 15.8 Å². The second-order valence-electron chi connectivity index (χ2n) is 4.42. The van der Waals surface area contributed by atoms with Crippen molar-refractivity contribution in [3.8, 4) is 10.6 Å². The van der Waals surface area contributed by atoms with E-state index in [1.54, 1.807) is 6.20 Å². The molecule has 0 unspecified atom stereocenters. The molecule has 6 heteroatoms. The molecule has 2 rings (SSSR count). The van der Waals surface area contributed by atoms with Crippen LogP contribution >= 0.6 is 11.3 Å². The summed E-state index contributed by atoms with van der Waals surface area (Å²) in [6, 6.07) is 1.42. The Labute approximate surface area is 109 Å². The summed E-state index contributed by atoms with van der Waals surface area (Å²) in [5.41, 5.74) is 0.669. The van der Waals surface area contributed by atoms with E-state index in [0.717, 1.165) is 11.6 Å². The van der Waals surface area contributed by atoms with E-state index in [4.69, 9.17) is 0 Å². The molecule has 2 aromatic rings. The predicted molar refractivity (Wildman–Crippen MR) is 69.6 cm³/mol. The lowest BCUT2D eigenvalue weighted by Gasteiger charge is -2.03. The molecule has 2 aromatic heterocycles. The average molecular weight is 266 g/mol. The largest absolute Gasteiger partial charge is 0.310 e. The predicted octanol–water partition coefficient (Wildman–Crippen LogP) is 2.48. The van der Waals surface area contributed by atoms with Crippen molar-refractivity contribution >= 4 is 11.3 Å². The first-order valence-electron chi connectivity index (χ1n) is 5.79. The minimum Gasteiger partial charge on any atom is -0.310 e. The van der Waals surface area contributed by atoms with E-state index < -0.39 is 0 Å².